The van der Waals surface area contributed by atoms with Crippen molar-refractivity contribution in [3.05, 3.63) is 87.7 Å². The van der Waals surface area contributed by atoms with E-state index in [1.54, 1.807) is 13.3 Å². The van der Waals surface area contributed by atoms with Gasteiger partial charge in [0, 0.05) is 123 Å². The van der Waals surface area contributed by atoms with Crippen molar-refractivity contribution in [3.8, 4) is 5.75 Å². The van der Waals surface area contributed by atoms with Crippen LogP contribution in [0.3, 0.4) is 0 Å². The number of methoxy groups -OCH3 is 1. The van der Waals surface area contributed by atoms with Gasteiger partial charge in [-0.3, -0.25) is 29.6 Å². The molecule has 2 atom stereocenters. The Hall–Kier alpha value is -5.71. The Morgan fingerprint density at radius 2 is 1.64 bits per heavy atom. The third kappa shape index (κ3) is 10.2. The number of aromatic nitrogens is 3. The molecular formula is C54H64BrF2N10O5P. The van der Waals surface area contributed by atoms with Crippen LogP contribution in [-0.2, 0) is 25.4 Å². The number of carbonyl (C=O) groups is 3. The van der Waals surface area contributed by atoms with E-state index in [-0.39, 0.29) is 30.2 Å². The Morgan fingerprint density at radius 1 is 0.918 bits per heavy atom. The molecule has 10 rings (SSSR count). The van der Waals surface area contributed by atoms with Gasteiger partial charge in [-0.1, -0.05) is 26.8 Å². The Labute approximate surface area is 433 Å². The van der Waals surface area contributed by atoms with Gasteiger partial charge in [-0.15, -0.1) is 0 Å². The number of ether oxygens (including phenoxy) is 1. The fourth-order valence-electron chi connectivity index (χ4n) is 11.9. The molecule has 3 amide bonds. The predicted octanol–water partition coefficient (Wildman–Crippen LogP) is 9.01. The van der Waals surface area contributed by atoms with Gasteiger partial charge in [0.15, 0.2) is 0 Å². The molecule has 15 nitrogen and oxygen atoms in total. The topological polar surface area (TPSA) is 165 Å². The van der Waals surface area contributed by atoms with Crippen molar-refractivity contribution >= 4 is 91.5 Å². The summed E-state index contributed by atoms with van der Waals surface area (Å²) < 4.78 is 52.2. The molecule has 386 valence electrons. The average Bonchev–Trinajstić information content (AvgIpc) is 3.97. The Balaban J connectivity index is 0.760. The highest BCUT2D eigenvalue weighted by molar-refractivity contribution is 9.10. The lowest BCUT2D eigenvalue weighted by atomic mass is 9.81. The summed E-state index contributed by atoms with van der Waals surface area (Å²) in [6.45, 7) is 13.5. The Kier molecular flexibility index (Phi) is 14.3. The quantitative estimate of drug-likeness (QED) is 0.0802. The highest BCUT2D eigenvalue weighted by Gasteiger charge is 2.46. The average molecular weight is 1080 g/mol. The number of piperidine rings is 2. The van der Waals surface area contributed by atoms with Gasteiger partial charge in [0.25, 0.3) is 0 Å². The number of aryl methyl sites for hydroxylation is 2. The molecule has 5 saturated heterocycles. The number of anilines is 6. The van der Waals surface area contributed by atoms with E-state index in [4.69, 9.17) is 14.7 Å². The number of nitrogens with zero attached hydrogens (tertiary/aromatic N) is 7. The minimum atomic E-state index is -2.66. The van der Waals surface area contributed by atoms with E-state index in [1.807, 2.05) is 54.8 Å². The minimum Gasteiger partial charge on any atom is -0.494 e. The first-order chi connectivity index (χ1) is 35.0. The standard InChI is InChI=1S/C54H64BrF2N10O5P/c1-6-33-25-44(61-53-58-29-39(55)50(63-53)60-43-13-12-42-36(10-9-32(2)59-42)49(43)73(71)23-7-8-24-73)46(72-5)28-45(33)65-17-15-34(16-18-65)64-19-21-66(22-20-64)52(70)38-30-67(31-54(38,3)4)35-26-40(56)48(41(57)27-35)37-11-14-47(68)62-51(37)69/h9-10,12-13,25-29,34,37-38H,6-8,11,14-24,30-31H2,1-5H3,(H,62,68,69)(H2,58,60,61,63)/t37?,38-/m1/s1. The first-order valence-corrected chi connectivity index (χ1v) is 28.5. The van der Waals surface area contributed by atoms with Gasteiger partial charge in [-0.2, -0.15) is 4.98 Å². The van der Waals surface area contributed by atoms with E-state index in [2.05, 4.69) is 65.7 Å². The fraction of sp³-hybridized carbons (Fsp3) is 0.481. The van der Waals surface area contributed by atoms with Crippen LogP contribution < -0.4 is 35.8 Å². The Morgan fingerprint density at radius 3 is 2.33 bits per heavy atom. The van der Waals surface area contributed by atoms with Gasteiger partial charge >= 0.3 is 0 Å². The van der Waals surface area contributed by atoms with E-state index < -0.39 is 41.9 Å². The maximum atomic E-state index is 15.5. The molecule has 73 heavy (non-hydrogen) atoms. The maximum Gasteiger partial charge on any atom is 0.234 e. The number of hydrogen-bond acceptors (Lipinski definition) is 13. The molecule has 3 N–H and O–H groups in total. The molecule has 0 bridgehead atoms. The van der Waals surface area contributed by atoms with Crippen LogP contribution in [0.5, 0.6) is 5.75 Å². The van der Waals surface area contributed by atoms with Crippen molar-refractivity contribution < 1.29 is 32.5 Å². The largest absolute Gasteiger partial charge is 0.494 e. The van der Waals surface area contributed by atoms with Gasteiger partial charge in [-0.05, 0) is 109 Å². The van der Waals surface area contributed by atoms with E-state index in [0.29, 0.717) is 72.2 Å². The molecule has 5 fully saturated rings. The first kappa shape index (κ1) is 50.8. The third-order valence-corrected chi connectivity index (χ3v) is 19.9. The number of halogens is 3. The summed E-state index contributed by atoms with van der Waals surface area (Å²) in [6, 6.07) is 15.1. The number of benzene rings is 3. The van der Waals surface area contributed by atoms with Crippen LogP contribution >= 0.6 is 23.1 Å². The summed E-state index contributed by atoms with van der Waals surface area (Å²) in [5, 5.41) is 10.9. The van der Waals surface area contributed by atoms with Gasteiger partial charge in [-0.25, -0.2) is 13.8 Å². The molecule has 0 aliphatic carbocycles. The molecule has 19 heteroatoms. The molecule has 5 aromatic rings. The number of imide groups is 1. The van der Waals surface area contributed by atoms with Gasteiger partial charge in [0.05, 0.1) is 40.3 Å². The van der Waals surface area contributed by atoms with Crippen molar-refractivity contribution in [1.82, 2.24) is 30.1 Å². The SMILES string of the molecule is CCc1cc(Nc2ncc(Br)c(Nc3ccc4nc(C)ccc4c3P3(=O)CCCC3)n2)c(OC)cc1N1CCC(N2CCN(C(=O)[C@H]3CN(c4cc(F)c(C5CCC(=O)NC5=O)c(F)c4)CC3(C)C)CC2)CC1. The zero-order valence-corrected chi connectivity index (χ0v) is 44.7. The van der Waals surface area contributed by atoms with Crippen LogP contribution in [0.2, 0.25) is 0 Å². The predicted molar refractivity (Wildman–Crippen MR) is 286 cm³/mol. The molecule has 0 radical (unpaired) electrons. The number of fused-ring (bicyclic) bond motifs is 1. The monoisotopic (exact) mass is 1080 g/mol. The minimum absolute atomic E-state index is 0.0214. The number of carbonyl (C=O) groups excluding carboxylic acids is 3. The van der Waals surface area contributed by atoms with Crippen molar-refractivity contribution in [1.29, 1.82) is 0 Å². The van der Waals surface area contributed by atoms with Crippen LogP contribution in [0.4, 0.5) is 43.3 Å². The smallest absolute Gasteiger partial charge is 0.234 e. The van der Waals surface area contributed by atoms with Crippen molar-refractivity contribution in [2.75, 3.05) is 92.2 Å². The molecule has 5 aliphatic heterocycles. The summed E-state index contributed by atoms with van der Waals surface area (Å²) in [5.74, 6) is -2.56. The lowest BCUT2D eigenvalue weighted by Gasteiger charge is -2.44. The lowest BCUT2D eigenvalue weighted by Crippen LogP contribution is -2.56. The number of pyridine rings is 1. The van der Waals surface area contributed by atoms with Gasteiger partial charge in [0.1, 0.15) is 30.3 Å². The number of nitrogens with one attached hydrogen (secondary N) is 3. The van der Waals surface area contributed by atoms with E-state index in [9.17, 15) is 18.9 Å². The van der Waals surface area contributed by atoms with Crippen LogP contribution in [0.25, 0.3) is 10.9 Å². The number of piperazine rings is 1. The summed E-state index contributed by atoms with van der Waals surface area (Å²) in [5.41, 5.74) is 5.13. The third-order valence-electron chi connectivity index (χ3n) is 15.9. The van der Waals surface area contributed by atoms with Crippen LogP contribution in [0.1, 0.15) is 82.0 Å². The van der Waals surface area contributed by atoms with Crippen molar-refractivity contribution in [2.24, 2.45) is 11.3 Å². The van der Waals surface area contributed by atoms with Crippen LogP contribution in [0, 0.1) is 29.9 Å². The van der Waals surface area contributed by atoms with Gasteiger partial charge in [0.2, 0.25) is 23.7 Å². The van der Waals surface area contributed by atoms with Crippen molar-refractivity contribution in [3.63, 3.8) is 0 Å². The second kappa shape index (κ2) is 20.5. The zero-order chi connectivity index (χ0) is 51.3. The van der Waals surface area contributed by atoms with Gasteiger partial charge < -0.3 is 34.6 Å². The highest BCUT2D eigenvalue weighted by Crippen LogP contribution is 2.54. The first-order valence-electron chi connectivity index (χ1n) is 25.6. The Bertz CT molecular complexity index is 3000. The summed E-state index contributed by atoms with van der Waals surface area (Å²) >= 11 is 3.66. The maximum absolute atomic E-state index is 15.5. The molecule has 0 saturated carbocycles. The molecule has 2 aromatic heterocycles. The number of rotatable bonds is 12. The molecular weight excluding hydrogens is 1020 g/mol. The highest BCUT2D eigenvalue weighted by atomic mass is 79.9. The number of hydrogen-bond donors (Lipinski definition) is 3. The number of amides is 3. The molecule has 1 unspecified atom stereocenters. The summed E-state index contributed by atoms with van der Waals surface area (Å²) in [7, 11) is -0.989. The van der Waals surface area contributed by atoms with Crippen LogP contribution in [0.15, 0.2) is 59.2 Å². The summed E-state index contributed by atoms with van der Waals surface area (Å²) in [4.78, 5) is 61.3. The second-order valence-corrected chi connectivity index (χ2v) is 25.0. The molecule has 3 aromatic carbocycles. The van der Waals surface area contributed by atoms with Crippen LogP contribution in [-0.4, -0.2) is 120 Å². The normalized spacial score (nSPS) is 21.5. The van der Waals surface area contributed by atoms with E-state index in [1.165, 1.54) is 17.7 Å². The molecule has 5 aliphatic rings. The molecule has 7 heterocycles. The van der Waals surface area contributed by atoms with Crippen molar-refractivity contribution in [2.45, 2.75) is 84.6 Å². The van der Waals surface area contributed by atoms with E-state index >= 15 is 8.78 Å². The lowest BCUT2D eigenvalue weighted by molar-refractivity contribution is -0.140. The van der Waals surface area contributed by atoms with E-state index in [0.717, 1.165) is 97.2 Å². The zero-order valence-electron chi connectivity index (χ0n) is 42.2. The summed E-state index contributed by atoms with van der Waals surface area (Å²) in [6.07, 6.45) is 7.78. The molecule has 0 spiro atoms. The fourth-order valence-corrected chi connectivity index (χ4v) is 15.5. The second-order valence-electron chi connectivity index (χ2n) is 21.0.